The van der Waals surface area contributed by atoms with E-state index in [2.05, 4.69) is 11.0 Å². The van der Waals surface area contributed by atoms with Crippen LogP contribution in [0, 0.1) is 11.3 Å². The highest BCUT2D eigenvalue weighted by molar-refractivity contribution is 7.19. The van der Waals surface area contributed by atoms with E-state index in [4.69, 9.17) is 11.5 Å². The Morgan fingerprint density at radius 2 is 2.39 bits per heavy atom. The summed E-state index contributed by atoms with van der Waals surface area (Å²) in [4.78, 5) is 14.3. The van der Waals surface area contributed by atoms with Crippen LogP contribution in [0.2, 0.25) is 0 Å². The van der Waals surface area contributed by atoms with Gasteiger partial charge in [0.05, 0.1) is 10.6 Å². The van der Waals surface area contributed by atoms with Gasteiger partial charge in [0.15, 0.2) is 5.78 Å². The zero-order chi connectivity index (χ0) is 13.3. The Labute approximate surface area is 110 Å². The predicted octanol–water partition coefficient (Wildman–Crippen LogP) is 1.33. The van der Waals surface area contributed by atoms with Crippen LogP contribution in [-0.4, -0.2) is 24.9 Å². The maximum Gasteiger partial charge on any atom is 0.174 e. The Bertz CT molecular complexity index is 517. The second kappa shape index (κ2) is 4.96. The number of hydrogen-bond donors (Lipinski definition) is 2. The molecule has 5 nitrogen and oxygen atoms in total. The number of carbonyl (C=O) groups excluding carboxylic acids is 1. The third-order valence-corrected chi connectivity index (χ3v) is 4.43. The lowest BCUT2D eigenvalue weighted by Gasteiger charge is -2.15. The van der Waals surface area contributed by atoms with Gasteiger partial charge in [0.2, 0.25) is 0 Å². The van der Waals surface area contributed by atoms with Gasteiger partial charge in [-0.2, -0.15) is 5.26 Å². The Kier molecular flexibility index (Phi) is 3.55. The molecule has 1 fully saturated rings. The van der Waals surface area contributed by atoms with Gasteiger partial charge in [-0.3, -0.25) is 4.79 Å². The highest BCUT2D eigenvalue weighted by Gasteiger charge is 2.27. The van der Waals surface area contributed by atoms with Crippen LogP contribution in [0.15, 0.2) is 0 Å². The van der Waals surface area contributed by atoms with E-state index in [0.717, 1.165) is 18.0 Å². The number of nitrogen functional groups attached to an aromatic ring is 1. The summed E-state index contributed by atoms with van der Waals surface area (Å²) in [5.74, 6) is -0.0104. The number of carbonyl (C=O) groups is 1. The molecule has 0 aliphatic carbocycles. The molecule has 2 heterocycles. The van der Waals surface area contributed by atoms with Crippen molar-refractivity contribution in [1.82, 2.24) is 0 Å². The molecule has 0 bridgehead atoms. The van der Waals surface area contributed by atoms with Crippen LogP contribution in [-0.2, 0) is 0 Å². The molecular formula is C12H16N4OS. The largest absolute Gasteiger partial charge is 0.396 e. The van der Waals surface area contributed by atoms with Crippen molar-refractivity contribution >= 4 is 27.8 Å². The average molecular weight is 264 g/mol. The van der Waals surface area contributed by atoms with Crippen LogP contribution >= 0.6 is 11.3 Å². The SMILES string of the molecule is CCC(=O)c1sc(N2CCC(N)C2)c(C#N)c1N. The van der Waals surface area contributed by atoms with Gasteiger partial charge in [0, 0.05) is 25.6 Å². The molecule has 0 aromatic carbocycles. The van der Waals surface area contributed by atoms with Gasteiger partial charge >= 0.3 is 0 Å². The lowest BCUT2D eigenvalue weighted by Crippen LogP contribution is -2.26. The van der Waals surface area contributed by atoms with Crippen molar-refractivity contribution in [3.8, 4) is 6.07 Å². The van der Waals surface area contributed by atoms with Gasteiger partial charge in [-0.05, 0) is 6.42 Å². The second-order valence-electron chi connectivity index (χ2n) is 4.41. The van der Waals surface area contributed by atoms with Gasteiger partial charge in [-0.25, -0.2) is 0 Å². The van der Waals surface area contributed by atoms with E-state index < -0.39 is 0 Å². The maximum absolute atomic E-state index is 11.8. The van der Waals surface area contributed by atoms with Crippen molar-refractivity contribution in [3.63, 3.8) is 0 Å². The molecule has 1 aliphatic heterocycles. The minimum Gasteiger partial charge on any atom is -0.396 e. The standard InChI is InChI=1S/C12H16N4OS/c1-2-9(17)11-10(15)8(5-13)12(18-11)16-4-3-7(14)6-16/h7H,2-4,6,14-15H2,1H3. The summed E-state index contributed by atoms with van der Waals surface area (Å²) in [6.07, 6.45) is 1.30. The number of Topliss-reactive ketones (excluding diaryl/α,β-unsaturated/α-hetero) is 1. The van der Waals surface area contributed by atoms with Crippen molar-refractivity contribution in [2.24, 2.45) is 5.73 Å². The number of thiophene rings is 1. The summed E-state index contributed by atoms with van der Waals surface area (Å²) in [6, 6.07) is 2.24. The highest BCUT2D eigenvalue weighted by atomic mass is 32.1. The molecule has 0 radical (unpaired) electrons. The molecule has 0 saturated carbocycles. The third-order valence-electron chi connectivity index (χ3n) is 3.12. The zero-order valence-electron chi connectivity index (χ0n) is 10.3. The number of nitrogens with zero attached hydrogens (tertiary/aromatic N) is 2. The van der Waals surface area contributed by atoms with Crippen LogP contribution in [0.1, 0.15) is 35.0 Å². The zero-order valence-corrected chi connectivity index (χ0v) is 11.1. The molecule has 1 aliphatic rings. The lowest BCUT2D eigenvalue weighted by molar-refractivity contribution is 0.0993. The first-order valence-electron chi connectivity index (χ1n) is 5.94. The summed E-state index contributed by atoms with van der Waals surface area (Å²) in [5.41, 5.74) is 12.5. The minimum atomic E-state index is -0.0104. The Hall–Kier alpha value is -1.58. The van der Waals surface area contributed by atoms with Crippen molar-refractivity contribution in [1.29, 1.82) is 5.26 Å². The highest BCUT2D eigenvalue weighted by Crippen LogP contribution is 2.39. The smallest absolute Gasteiger partial charge is 0.174 e. The normalized spacial score (nSPS) is 18.9. The van der Waals surface area contributed by atoms with Gasteiger partial charge < -0.3 is 16.4 Å². The molecule has 1 aromatic heterocycles. The van der Waals surface area contributed by atoms with Gasteiger partial charge in [0.1, 0.15) is 16.6 Å². The Morgan fingerprint density at radius 1 is 1.67 bits per heavy atom. The summed E-state index contributed by atoms with van der Waals surface area (Å²) in [6.45, 7) is 3.32. The van der Waals surface area contributed by atoms with Crippen molar-refractivity contribution in [3.05, 3.63) is 10.4 Å². The van der Waals surface area contributed by atoms with E-state index in [1.165, 1.54) is 11.3 Å². The first kappa shape index (κ1) is 12.9. The van der Waals surface area contributed by atoms with Gasteiger partial charge in [-0.1, -0.05) is 6.92 Å². The first-order chi connectivity index (χ1) is 8.58. The first-order valence-corrected chi connectivity index (χ1v) is 6.76. The lowest BCUT2D eigenvalue weighted by atomic mass is 10.2. The second-order valence-corrected chi connectivity index (χ2v) is 5.41. The molecule has 1 atom stereocenters. The minimum absolute atomic E-state index is 0.0104. The fourth-order valence-electron chi connectivity index (χ4n) is 2.10. The fourth-order valence-corrected chi connectivity index (χ4v) is 3.32. The maximum atomic E-state index is 11.8. The molecule has 4 N–H and O–H groups in total. The molecule has 18 heavy (non-hydrogen) atoms. The van der Waals surface area contributed by atoms with Crippen molar-refractivity contribution < 1.29 is 4.79 Å². The van der Waals surface area contributed by atoms with E-state index >= 15 is 0 Å². The number of rotatable bonds is 3. The van der Waals surface area contributed by atoms with E-state index in [0.29, 0.717) is 29.1 Å². The average Bonchev–Trinajstić information content (AvgIpc) is 2.92. The van der Waals surface area contributed by atoms with Crippen LogP contribution < -0.4 is 16.4 Å². The molecule has 2 rings (SSSR count). The monoisotopic (exact) mass is 264 g/mol. The van der Waals surface area contributed by atoms with Crippen LogP contribution in [0.3, 0.4) is 0 Å². The summed E-state index contributed by atoms with van der Waals surface area (Å²) >= 11 is 1.32. The van der Waals surface area contributed by atoms with Crippen LogP contribution in [0.4, 0.5) is 10.7 Å². The summed E-state index contributed by atoms with van der Waals surface area (Å²) < 4.78 is 0. The van der Waals surface area contributed by atoms with Crippen LogP contribution in [0.25, 0.3) is 0 Å². The molecule has 1 saturated heterocycles. The summed E-state index contributed by atoms with van der Waals surface area (Å²) in [7, 11) is 0. The molecule has 6 heteroatoms. The van der Waals surface area contributed by atoms with E-state index in [1.807, 2.05) is 0 Å². The Balaban J connectivity index is 2.42. The molecule has 0 amide bonds. The molecule has 1 unspecified atom stereocenters. The van der Waals surface area contributed by atoms with E-state index in [1.54, 1.807) is 6.92 Å². The number of nitrogens with two attached hydrogens (primary N) is 2. The third kappa shape index (κ3) is 2.07. The molecule has 0 spiro atoms. The number of anilines is 2. The van der Waals surface area contributed by atoms with Gasteiger partial charge in [0.25, 0.3) is 0 Å². The van der Waals surface area contributed by atoms with Crippen molar-refractivity contribution in [2.75, 3.05) is 23.7 Å². The molecular weight excluding hydrogens is 248 g/mol. The molecule has 1 aromatic rings. The fraction of sp³-hybridized carbons (Fsp3) is 0.500. The quantitative estimate of drug-likeness (QED) is 0.803. The number of ketones is 1. The van der Waals surface area contributed by atoms with Gasteiger partial charge in [-0.15, -0.1) is 11.3 Å². The van der Waals surface area contributed by atoms with Crippen molar-refractivity contribution in [2.45, 2.75) is 25.8 Å². The Morgan fingerprint density at radius 3 is 2.89 bits per heavy atom. The summed E-state index contributed by atoms with van der Waals surface area (Å²) in [5, 5.41) is 9.99. The van der Waals surface area contributed by atoms with Crippen LogP contribution in [0.5, 0.6) is 0 Å². The molecule has 96 valence electrons. The predicted molar refractivity (Wildman–Crippen MR) is 72.9 cm³/mol. The van der Waals surface area contributed by atoms with E-state index in [9.17, 15) is 10.1 Å². The number of hydrogen-bond acceptors (Lipinski definition) is 6. The van der Waals surface area contributed by atoms with E-state index in [-0.39, 0.29) is 11.8 Å². The topological polar surface area (TPSA) is 96.1 Å². The number of nitriles is 1.